The van der Waals surface area contributed by atoms with Crippen molar-refractivity contribution in [3.8, 4) is 11.3 Å². The maximum absolute atomic E-state index is 13.1. The second-order valence-electron chi connectivity index (χ2n) is 8.23. The Labute approximate surface area is 177 Å². The number of likely N-dealkylation sites (N-methyl/N-ethyl adjacent to an activating group) is 1. The van der Waals surface area contributed by atoms with Gasteiger partial charge in [-0.25, -0.2) is 4.39 Å². The fraction of sp³-hybridized carbons (Fsp3) is 0.522. The summed E-state index contributed by atoms with van der Waals surface area (Å²) >= 11 is 0. The van der Waals surface area contributed by atoms with E-state index in [1.54, 1.807) is 12.1 Å². The van der Waals surface area contributed by atoms with Crippen molar-refractivity contribution in [2.24, 2.45) is 5.92 Å². The molecule has 6 nitrogen and oxygen atoms in total. The molecule has 0 spiro atoms. The zero-order valence-corrected chi connectivity index (χ0v) is 17.6. The molecule has 7 heteroatoms. The minimum atomic E-state index is -0.257. The van der Waals surface area contributed by atoms with Crippen LogP contribution in [0, 0.1) is 11.7 Å². The fourth-order valence-electron chi connectivity index (χ4n) is 4.32. The van der Waals surface area contributed by atoms with E-state index in [1.807, 2.05) is 17.0 Å². The predicted molar refractivity (Wildman–Crippen MR) is 116 cm³/mol. The molecule has 1 amide bonds. The van der Waals surface area contributed by atoms with Crippen molar-refractivity contribution in [3.05, 3.63) is 42.2 Å². The molecule has 0 atom stereocenters. The van der Waals surface area contributed by atoms with Crippen LogP contribution in [0.15, 0.2) is 36.4 Å². The molecule has 1 aromatic heterocycles. The molecular weight excluding hydrogens is 381 g/mol. The first kappa shape index (κ1) is 20.7. The van der Waals surface area contributed by atoms with Gasteiger partial charge in [0.25, 0.3) is 0 Å². The quantitative estimate of drug-likeness (QED) is 0.757. The van der Waals surface area contributed by atoms with Crippen molar-refractivity contribution in [2.45, 2.75) is 26.2 Å². The van der Waals surface area contributed by atoms with Crippen LogP contribution in [0.1, 0.15) is 26.2 Å². The van der Waals surface area contributed by atoms with E-state index in [1.165, 1.54) is 12.1 Å². The third-order valence-electron chi connectivity index (χ3n) is 6.36. The van der Waals surface area contributed by atoms with Crippen LogP contribution in [0.4, 0.5) is 10.2 Å². The first-order valence-electron chi connectivity index (χ1n) is 11.0. The van der Waals surface area contributed by atoms with E-state index in [0.29, 0.717) is 18.2 Å². The molecule has 0 radical (unpaired) electrons. The van der Waals surface area contributed by atoms with Crippen LogP contribution in [0.2, 0.25) is 0 Å². The van der Waals surface area contributed by atoms with E-state index in [-0.39, 0.29) is 5.82 Å². The van der Waals surface area contributed by atoms with Crippen LogP contribution in [-0.2, 0) is 4.79 Å². The van der Waals surface area contributed by atoms with E-state index in [2.05, 4.69) is 26.9 Å². The number of amides is 1. The van der Waals surface area contributed by atoms with Crippen LogP contribution in [0.25, 0.3) is 11.3 Å². The lowest BCUT2D eigenvalue weighted by atomic mass is 9.93. The predicted octanol–water partition coefficient (Wildman–Crippen LogP) is 3.05. The number of hydrogen-bond acceptors (Lipinski definition) is 5. The third-order valence-corrected chi connectivity index (χ3v) is 6.36. The van der Waals surface area contributed by atoms with E-state index >= 15 is 0 Å². The summed E-state index contributed by atoms with van der Waals surface area (Å²) in [6.07, 6.45) is 2.67. The van der Waals surface area contributed by atoms with Gasteiger partial charge in [0.05, 0.1) is 5.69 Å². The van der Waals surface area contributed by atoms with Gasteiger partial charge < -0.3 is 14.7 Å². The summed E-state index contributed by atoms with van der Waals surface area (Å²) in [5, 5.41) is 8.69. The second kappa shape index (κ2) is 9.51. The molecule has 0 bridgehead atoms. The molecule has 2 aliphatic heterocycles. The van der Waals surface area contributed by atoms with Crippen LogP contribution in [0.3, 0.4) is 0 Å². The summed E-state index contributed by atoms with van der Waals surface area (Å²) in [6.45, 7) is 8.74. The van der Waals surface area contributed by atoms with Crippen LogP contribution >= 0.6 is 0 Å². The second-order valence-corrected chi connectivity index (χ2v) is 8.23. The molecule has 2 saturated heterocycles. The smallest absolute Gasteiger partial charge is 0.222 e. The Balaban J connectivity index is 1.26. The molecule has 2 aromatic rings. The minimum absolute atomic E-state index is 0.257. The number of halogens is 1. The largest absolute Gasteiger partial charge is 0.355 e. The van der Waals surface area contributed by atoms with Crippen molar-refractivity contribution in [2.75, 3.05) is 50.7 Å². The van der Waals surface area contributed by atoms with Crippen molar-refractivity contribution < 1.29 is 9.18 Å². The number of anilines is 1. The molecule has 1 aromatic carbocycles. The Morgan fingerprint density at radius 1 is 0.967 bits per heavy atom. The van der Waals surface area contributed by atoms with Crippen molar-refractivity contribution in [3.63, 3.8) is 0 Å². The minimum Gasteiger partial charge on any atom is -0.355 e. The molecule has 2 aliphatic rings. The van der Waals surface area contributed by atoms with Gasteiger partial charge in [0, 0.05) is 51.3 Å². The van der Waals surface area contributed by atoms with Crippen LogP contribution in [0.5, 0.6) is 0 Å². The number of carbonyl (C=O) groups is 1. The number of piperidine rings is 1. The lowest BCUT2D eigenvalue weighted by Gasteiger charge is -2.36. The Bertz CT molecular complexity index is 826. The van der Waals surface area contributed by atoms with Crippen molar-refractivity contribution >= 4 is 11.7 Å². The zero-order valence-electron chi connectivity index (χ0n) is 17.6. The molecular formula is C23H30FN5O. The van der Waals surface area contributed by atoms with Gasteiger partial charge >= 0.3 is 0 Å². The lowest BCUT2D eigenvalue weighted by Crippen LogP contribution is -2.49. The molecule has 30 heavy (non-hydrogen) atoms. The van der Waals surface area contributed by atoms with E-state index < -0.39 is 0 Å². The maximum Gasteiger partial charge on any atom is 0.222 e. The van der Waals surface area contributed by atoms with E-state index in [9.17, 15) is 9.18 Å². The third kappa shape index (κ3) is 4.95. The normalized spacial score (nSPS) is 18.6. The van der Waals surface area contributed by atoms with Crippen LogP contribution < -0.4 is 4.90 Å². The fourth-order valence-corrected chi connectivity index (χ4v) is 4.32. The van der Waals surface area contributed by atoms with Crippen LogP contribution in [-0.4, -0.2) is 71.7 Å². The van der Waals surface area contributed by atoms with Gasteiger partial charge in [-0.3, -0.25) is 4.79 Å². The molecule has 0 saturated carbocycles. The monoisotopic (exact) mass is 411 g/mol. The summed E-state index contributed by atoms with van der Waals surface area (Å²) in [6, 6.07) is 10.2. The summed E-state index contributed by atoms with van der Waals surface area (Å²) in [4.78, 5) is 19.3. The Morgan fingerprint density at radius 2 is 1.67 bits per heavy atom. The number of rotatable bonds is 5. The van der Waals surface area contributed by atoms with Gasteiger partial charge in [-0.1, -0.05) is 6.92 Å². The highest BCUT2D eigenvalue weighted by molar-refractivity contribution is 5.76. The van der Waals surface area contributed by atoms with E-state index in [0.717, 1.165) is 75.7 Å². The number of hydrogen-bond donors (Lipinski definition) is 0. The molecule has 4 rings (SSSR count). The Hall–Kier alpha value is -2.54. The Kier molecular flexibility index (Phi) is 6.57. The molecule has 0 unspecified atom stereocenters. The highest BCUT2D eigenvalue weighted by atomic mass is 19.1. The molecule has 160 valence electrons. The summed E-state index contributed by atoms with van der Waals surface area (Å²) < 4.78 is 13.1. The summed E-state index contributed by atoms with van der Waals surface area (Å²) in [7, 11) is 0. The number of benzene rings is 1. The number of aromatic nitrogens is 2. The van der Waals surface area contributed by atoms with Gasteiger partial charge in [-0.05, 0) is 61.7 Å². The maximum atomic E-state index is 13.1. The van der Waals surface area contributed by atoms with Gasteiger partial charge in [0.1, 0.15) is 5.82 Å². The van der Waals surface area contributed by atoms with Crippen molar-refractivity contribution in [1.82, 2.24) is 20.0 Å². The number of carbonyl (C=O) groups excluding carboxylic acids is 1. The zero-order chi connectivity index (χ0) is 20.9. The number of nitrogens with zero attached hydrogens (tertiary/aromatic N) is 5. The molecule has 0 N–H and O–H groups in total. The van der Waals surface area contributed by atoms with Gasteiger partial charge in [-0.15, -0.1) is 10.2 Å². The summed E-state index contributed by atoms with van der Waals surface area (Å²) in [5.74, 6) is 1.37. The Morgan fingerprint density at radius 3 is 2.27 bits per heavy atom. The summed E-state index contributed by atoms with van der Waals surface area (Å²) in [5.41, 5.74) is 1.59. The van der Waals surface area contributed by atoms with E-state index in [4.69, 9.17) is 0 Å². The first-order valence-corrected chi connectivity index (χ1v) is 11.0. The standard InChI is InChI=1S/C23H30FN5O/c1-2-27-13-15-29(16-14-27)23(30)17-18-9-11-28(12-10-18)22-8-7-21(25-26-22)19-3-5-20(24)6-4-19/h3-8,18H,2,9-17H2,1H3. The average molecular weight is 412 g/mol. The first-order chi connectivity index (χ1) is 14.6. The van der Waals surface area contributed by atoms with Gasteiger partial charge in [0.2, 0.25) is 5.91 Å². The van der Waals surface area contributed by atoms with Gasteiger partial charge in [0.15, 0.2) is 5.82 Å². The molecule has 3 heterocycles. The SMILES string of the molecule is CCN1CCN(C(=O)CC2CCN(c3ccc(-c4ccc(F)cc4)nn3)CC2)CC1. The van der Waals surface area contributed by atoms with Gasteiger partial charge in [-0.2, -0.15) is 0 Å². The average Bonchev–Trinajstić information content (AvgIpc) is 2.80. The highest BCUT2D eigenvalue weighted by Gasteiger charge is 2.26. The molecule has 0 aliphatic carbocycles. The van der Waals surface area contributed by atoms with Crippen molar-refractivity contribution in [1.29, 1.82) is 0 Å². The lowest BCUT2D eigenvalue weighted by molar-refractivity contribution is -0.134. The highest BCUT2D eigenvalue weighted by Crippen LogP contribution is 2.26. The number of piperazine rings is 1. The molecule has 2 fully saturated rings. The topological polar surface area (TPSA) is 52.6 Å².